The minimum atomic E-state index is -0.367. The first-order chi connectivity index (χ1) is 9.20. The summed E-state index contributed by atoms with van der Waals surface area (Å²) in [5.74, 6) is 0.903. The van der Waals surface area contributed by atoms with E-state index in [2.05, 4.69) is 15.0 Å². The van der Waals surface area contributed by atoms with E-state index in [4.69, 9.17) is 4.74 Å². The summed E-state index contributed by atoms with van der Waals surface area (Å²) in [4.78, 5) is 15.7. The van der Waals surface area contributed by atoms with Gasteiger partial charge in [0.05, 0.1) is 25.0 Å². The number of carbonyl (C=O) groups excluding carboxylic acids is 1. The molecule has 0 saturated carbocycles. The van der Waals surface area contributed by atoms with Crippen LogP contribution in [0.1, 0.15) is 28.9 Å². The van der Waals surface area contributed by atoms with Gasteiger partial charge in [-0.05, 0) is 44.8 Å². The third kappa shape index (κ3) is 3.67. The second-order valence-corrected chi connectivity index (χ2v) is 4.77. The standard InChI is InChI=1S/C14H20N2O3/c1-10-12(14(17)18-2)3-4-13(16-10)19-8-6-11-5-7-15-9-11/h3-4,11,15H,5-9H2,1-2H3. The fourth-order valence-corrected chi connectivity index (χ4v) is 2.24. The van der Waals surface area contributed by atoms with E-state index < -0.39 is 0 Å². The van der Waals surface area contributed by atoms with Gasteiger partial charge in [-0.15, -0.1) is 0 Å². The van der Waals surface area contributed by atoms with Gasteiger partial charge in [-0.25, -0.2) is 9.78 Å². The minimum absolute atomic E-state index is 0.367. The molecular formula is C14H20N2O3. The van der Waals surface area contributed by atoms with Crippen molar-refractivity contribution < 1.29 is 14.3 Å². The Morgan fingerprint density at radius 3 is 3.00 bits per heavy atom. The molecule has 2 rings (SSSR count). The molecule has 0 aliphatic carbocycles. The summed E-state index contributed by atoms with van der Waals surface area (Å²) < 4.78 is 10.3. The van der Waals surface area contributed by atoms with Gasteiger partial charge in [0.1, 0.15) is 0 Å². The highest BCUT2D eigenvalue weighted by molar-refractivity contribution is 5.90. The largest absolute Gasteiger partial charge is 0.478 e. The smallest absolute Gasteiger partial charge is 0.339 e. The summed E-state index contributed by atoms with van der Waals surface area (Å²) >= 11 is 0. The normalized spacial score (nSPS) is 18.3. The quantitative estimate of drug-likeness (QED) is 0.818. The zero-order valence-electron chi connectivity index (χ0n) is 11.4. The summed E-state index contributed by atoms with van der Waals surface area (Å²) in [7, 11) is 1.36. The number of methoxy groups -OCH3 is 1. The fraction of sp³-hybridized carbons (Fsp3) is 0.571. The molecule has 104 valence electrons. The predicted molar refractivity (Wildman–Crippen MR) is 71.4 cm³/mol. The lowest BCUT2D eigenvalue weighted by atomic mass is 10.1. The number of aromatic nitrogens is 1. The zero-order valence-corrected chi connectivity index (χ0v) is 11.4. The number of nitrogens with zero attached hydrogens (tertiary/aromatic N) is 1. The maximum atomic E-state index is 11.4. The van der Waals surface area contributed by atoms with Gasteiger partial charge in [0, 0.05) is 6.07 Å². The maximum Gasteiger partial charge on any atom is 0.339 e. The van der Waals surface area contributed by atoms with E-state index in [1.165, 1.54) is 13.5 Å². The lowest BCUT2D eigenvalue weighted by molar-refractivity contribution is 0.0599. The van der Waals surface area contributed by atoms with Gasteiger partial charge in [-0.2, -0.15) is 0 Å². The Bertz CT molecular complexity index is 442. The molecule has 0 amide bonds. The highest BCUT2D eigenvalue weighted by Gasteiger charge is 2.15. The molecule has 5 heteroatoms. The first kappa shape index (κ1) is 13.8. The van der Waals surface area contributed by atoms with Crippen LogP contribution in [-0.2, 0) is 4.74 Å². The average Bonchev–Trinajstić information content (AvgIpc) is 2.91. The number of carbonyl (C=O) groups is 1. The topological polar surface area (TPSA) is 60.5 Å². The van der Waals surface area contributed by atoms with Crippen LogP contribution in [0.3, 0.4) is 0 Å². The van der Waals surface area contributed by atoms with Crippen LogP contribution in [0.5, 0.6) is 5.88 Å². The third-order valence-electron chi connectivity index (χ3n) is 3.40. The molecule has 1 aliphatic rings. The maximum absolute atomic E-state index is 11.4. The molecule has 2 heterocycles. The van der Waals surface area contributed by atoms with Crippen LogP contribution in [-0.4, -0.2) is 37.8 Å². The second kappa shape index (κ2) is 6.52. The Labute approximate surface area is 113 Å². The molecule has 19 heavy (non-hydrogen) atoms. The number of hydrogen-bond donors (Lipinski definition) is 1. The van der Waals surface area contributed by atoms with Crippen molar-refractivity contribution in [3.8, 4) is 5.88 Å². The molecule has 0 spiro atoms. The molecule has 1 fully saturated rings. The summed E-state index contributed by atoms with van der Waals surface area (Å²) in [5.41, 5.74) is 1.11. The van der Waals surface area contributed by atoms with Crippen LogP contribution >= 0.6 is 0 Å². The van der Waals surface area contributed by atoms with E-state index in [1.54, 1.807) is 19.1 Å². The minimum Gasteiger partial charge on any atom is -0.478 e. The Hall–Kier alpha value is -1.62. The Kier molecular flexibility index (Phi) is 4.74. The number of esters is 1. The van der Waals surface area contributed by atoms with Gasteiger partial charge in [0.25, 0.3) is 0 Å². The average molecular weight is 264 g/mol. The molecule has 1 aromatic rings. The third-order valence-corrected chi connectivity index (χ3v) is 3.40. The van der Waals surface area contributed by atoms with Crippen LogP contribution in [0.2, 0.25) is 0 Å². The Morgan fingerprint density at radius 2 is 2.37 bits per heavy atom. The SMILES string of the molecule is COC(=O)c1ccc(OCCC2CCNC2)nc1C. The molecule has 0 bridgehead atoms. The highest BCUT2D eigenvalue weighted by atomic mass is 16.5. The summed E-state index contributed by atoms with van der Waals surface area (Å²) in [5, 5.41) is 3.33. The monoisotopic (exact) mass is 264 g/mol. The number of rotatable bonds is 5. The number of pyridine rings is 1. The molecule has 1 N–H and O–H groups in total. The molecule has 1 unspecified atom stereocenters. The van der Waals surface area contributed by atoms with Gasteiger partial charge >= 0.3 is 5.97 Å². The van der Waals surface area contributed by atoms with Crippen LogP contribution in [0.25, 0.3) is 0 Å². The van der Waals surface area contributed by atoms with Gasteiger partial charge in [0.15, 0.2) is 0 Å². The van der Waals surface area contributed by atoms with Crippen molar-refractivity contribution in [2.75, 3.05) is 26.8 Å². The van der Waals surface area contributed by atoms with Crippen molar-refractivity contribution in [1.82, 2.24) is 10.3 Å². The van der Waals surface area contributed by atoms with Crippen molar-refractivity contribution in [2.24, 2.45) is 5.92 Å². The predicted octanol–water partition coefficient (Wildman–Crippen LogP) is 1.56. The van der Waals surface area contributed by atoms with Crippen molar-refractivity contribution in [1.29, 1.82) is 0 Å². The van der Waals surface area contributed by atoms with E-state index in [0.29, 0.717) is 29.7 Å². The molecule has 1 saturated heterocycles. The Morgan fingerprint density at radius 1 is 1.53 bits per heavy atom. The van der Waals surface area contributed by atoms with Crippen molar-refractivity contribution >= 4 is 5.97 Å². The van der Waals surface area contributed by atoms with E-state index in [1.807, 2.05) is 0 Å². The van der Waals surface area contributed by atoms with E-state index in [-0.39, 0.29) is 5.97 Å². The Balaban J connectivity index is 1.87. The number of ether oxygens (including phenoxy) is 2. The highest BCUT2D eigenvalue weighted by Crippen LogP contribution is 2.16. The zero-order chi connectivity index (χ0) is 13.7. The summed E-state index contributed by atoms with van der Waals surface area (Å²) in [6.45, 7) is 4.63. The van der Waals surface area contributed by atoms with E-state index >= 15 is 0 Å². The molecule has 0 aromatic carbocycles. The first-order valence-corrected chi connectivity index (χ1v) is 6.60. The van der Waals surface area contributed by atoms with Gasteiger partial charge in [0.2, 0.25) is 5.88 Å². The lowest BCUT2D eigenvalue weighted by Gasteiger charge is -2.10. The second-order valence-electron chi connectivity index (χ2n) is 4.77. The first-order valence-electron chi connectivity index (χ1n) is 6.60. The lowest BCUT2D eigenvalue weighted by Crippen LogP contribution is -2.12. The molecule has 1 atom stereocenters. The molecule has 0 radical (unpaired) electrons. The molecular weight excluding hydrogens is 244 g/mol. The van der Waals surface area contributed by atoms with Crippen molar-refractivity contribution in [3.63, 3.8) is 0 Å². The van der Waals surface area contributed by atoms with Gasteiger partial charge < -0.3 is 14.8 Å². The van der Waals surface area contributed by atoms with Crippen LogP contribution < -0.4 is 10.1 Å². The number of hydrogen-bond acceptors (Lipinski definition) is 5. The van der Waals surface area contributed by atoms with E-state index in [9.17, 15) is 4.79 Å². The molecule has 1 aromatic heterocycles. The molecule has 5 nitrogen and oxygen atoms in total. The fourth-order valence-electron chi connectivity index (χ4n) is 2.24. The van der Waals surface area contributed by atoms with Crippen LogP contribution in [0.4, 0.5) is 0 Å². The van der Waals surface area contributed by atoms with Crippen molar-refractivity contribution in [3.05, 3.63) is 23.4 Å². The number of aryl methyl sites for hydroxylation is 1. The van der Waals surface area contributed by atoms with E-state index in [0.717, 1.165) is 19.5 Å². The molecule has 1 aliphatic heterocycles. The number of nitrogens with one attached hydrogen (secondary N) is 1. The van der Waals surface area contributed by atoms with Gasteiger partial charge in [-0.3, -0.25) is 0 Å². The summed E-state index contributed by atoms with van der Waals surface area (Å²) in [6, 6.07) is 3.41. The van der Waals surface area contributed by atoms with Gasteiger partial charge in [-0.1, -0.05) is 0 Å². The van der Waals surface area contributed by atoms with Crippen LogP contribution in [0, 0.1) is 12.8 Å². The van der Waals surface area contributed by atoms with Crippen molar-refractivity contribution in [2.45, 2.75) is 19.8 Å². The van der Waals surface area contributed by atoms with Crippen LogP contribution in [0.15, 0.2) is 12.1 Å². The summed E-state index contributed by atoms with van der Waals surface area (Å²) in [6.07, 6.45) is 2.25.